The van der Waals surface area contributed by atoms with E-state index in [-0.39, 0.29) is 11.5 Å². The first-order valence-corrected chi connectivity index (χ1v) is 8.56. The van der Waals surface area contributed by atoms with E-state index in [2.05, 4.69) is 29.1 Å². The summed E-state index contributed by atoms with van der Waals surface area (Å²) in [7, 11) is 3.83. The van der Waals surface area contributed by atoms with Gasteiger partial charge in [0.25, 0.3) is 11.5 Å². The summed E-state index contributed by atoms with van der Waals surface area (Å²) in [4.78, 5) is 35.1. The second-order valence-corrected chi connectivity index (χ2v) is 7.42. The van der Waals surface area contributed by atoms with Gasteiger partial charge in [-0.2, -0.15) is 0 Å². The van der Waals surface area contributed by atoms with E-state index in [9.17, 15) is 9.59 Å². The van der Waals surface area contributed by atoms with Gasteiger partial charge in [0.2, 0.25) is 0 Å². The summed E-state index contributed by atoms with van der Waals surface area (Å²) in [6.07, 6.45) is 0.932. The summed E-state index contributed by atoms with van der Waals surface area (Å²) in [5.74, 6) is 1.03. The molecule has 1 amide bonds. The zero-order valence-electron chi connectivity index (χ0n) is 14.3. The van der Waals surface area contributed by atoms with Gasteiger partial charge in [0.1, 0.15) is 10.7 Å². The number of aromatic nitrogens is 2. The first-order valence-electron chi connectivity index (χ1n) is 7.74. The Morgan fingerprint density at radius 3 is 2.70 bits per heavy atom. The van der Waals surface area contributed by atoms with Crippen LogP contribution in [0.1, 0.15) is 41.3 Å². The Hall–Kier alpha value is -1.73. The van der Waals surface area contributed by atoms with Crippen LogP contribution < -0.4 is 10.9 Å². The second-order valence-electron chi connectivity index (χ2n) is 6.43. The van der Waals surface area contributed by atoms with Crippen LogP contribution in [0.5, 0.6) is 0 Å². The largest absolute Gasteiger partial charge is 0.351 e. The Bertz CT molecular complexity index is 761. The minimum Gasteiger partial charge on any atom is -0.351 e. The van der Waals surface area contributed by atoms with Gasteiger partial charge in [0.05, 0.1) is 16.8 Å². The van der Waals surface area contributed by atoms with E-state index in [0.29, 0.717) is 45.5 Å². The molecule has 2 N–H and O–H groups in total. The number of nitrogens with one attached hydrogen (secondary N) is 2. The molecule has 0 radical (unpaired) electrons. The van der Waals surface area contributed by atoms with Gasteiger partial charge in [-0.05, 0) is 38.9 Å². The van der Waals surface area contributed by atoms with E-state index in [1.54, 1.807) is 6.92 Å². The van der Waals surface area contributed by atoms with Crippen molar-refractivity contribution < 1.29 is 4.79 Å². The maximum atomic E-state index is 12.3. The van der Waals surface area contributed by atoms with Crippen molar-refractivity contribution in [1.29, 1.82) is 0 Å². The highest BCUT2D eigenvalue weighted by Gasteiger charge is 2.19. The number of rotatable bonds is 6. The van der Waals surface area contributed by atoms with Gasteiger partial charge < -0.3 is 15.2 Å². The van der Waals surface area contributed by atoms with Crippen molar-refractivity contribution in [3.05, 3.63) is 26.6 Å². The predicted molar refractivity (Wildman–Crippen MR) is 94.2 cm³/mol. The number of carbonyl (C=O) groups excluding carboxylic acids is 1. The van der Waals surface area contributed by atoms with Crippen molar-refractivity contribution in [3.8, 4) is 0 Å². The summed E-state index contributed by atoms with van der Waals surface area (Å²) in [6.45, 7) is 7.23. The average Bonchev–Trinajstić information content (AvgIpc) is 2.75. The quantitative estimate of drug-likeness (QED) is 0.847. The van der Waals surface area contributed by atoms with Crippen molar-refractivity contribution in [3.63, 3.8) is 0 Å². The Morgan fingerprint density at radius 1 is 1.39 bits per heavy atom. The van der Waals surface area contributed by atoms with Gasteiger partial charge in [0.15, 0.2) is 0 Å². The van der Waals surface area contributed by atoms with Gasteiger partial charge >= 0.3 is 0 Å². The molecular formula is C16H24N4O2S. The van der Waals surface area contributed by atoms with E-state index in [1.165, 1.54) is 11.3 Å². The van der Waals surface area contributed by atoms with Gasteiger partial charge in [-0.3, -0.25) is 9.59 Å². The molecule has 0 atom stereocenters. The summed E-state index contributed by atoms with van der Waals surface area (Å²) in [5, 5.41) is 3.44. The molecule has 23 heavy (non-hydrogen) atoms. The summed E-state index contributed by atoms with van der Waals surface area (Å²) in [6, 6.07) is 0. The summed E-state index contributed by atoms with van der Waals surface area (Å²) < 4.78 is 0. The molecule has 2 aromatic heterocycles. The fraction of sp³-hybridized carbons (Fsp3) is 0.562. The monoisotopic (exact) mass is 336 g/mol. The van der Waals surface area contributed by atoms with E-state index < -0.39 is 0 Å². The first kappa shape index (κ1) is 17.6. The van der Waals surface area contributed by atoms with Crippen molar-refractivity contribution in [2.24, 2.45) is 5.92 Å². The molecule has 0 saturated heterocycles. The standard InChI is InChI=1S/C16H24N4O2S/c1-9(2)6-7-17-15(22)13-10(3)12-14(21)18-11(8-20(4)5)19-16(12)23-13/h9H,6-8H2,1-5H3,(H,17,22)(H,18,19,21). The number of nitrogens with zero attached hydrogens (tertiary/aromatic N) is 2. The van der Waals surface area contributed by atoms with E-state index in [4.69, 9.17) is 0 Å². The molecule has 2 rings (SSSR count). The van der Waals surface area contributed by atoms with Crippen LogP contribution in [0.3, 0.4) is 0 Å². The highest BCUT2D eigenvalue weighted by molar-refractivity contribution is 7.20. The smallest absolute Gasteiger partial charge is 0.261 e. The molecule has 0 bridgehead atoms. The zero-order valence-corrected chi connectivity index (χ0v) is 15.1. The van der Waals surface area contributed by atoms with Crippen LogP contribution in [0, 0.1) is 12.8 Å². The second kappa shape index (κ2) is 7.23. The number of thiophene rings is 1. The lowest BCUT2D eigenvalue weighted by atomic mass is 10.1. The van der Waals surface area contributed by atoms with Crippen molar-refractivity contribution >= 4 is 27.5 Å². The van der Waals surface area contributed by atoms with Crippen LogP contribution in [-0.2, 0) is 6.54 Å². The molecule has 6 nitrogen and oxygen atoms in total. The van der Waals surface area contributed by atoms with Gasteiger partial charge in [0, 0.05) is 6.54 Å². The number of amides is 1. The number of fused-ring (bicyclic) bond motifs is 1. The lowest BCUT2D eigenvalue weighted by Crippen LogP contribution is -2.25. The Balaban J connectivity index is 2.32. The topological polar surface area (TPSA) is 78.1 Å². The minimum absolute atomic E-state index is 0.125. The number of aromatic amines is 1. The molecule has 0 spiro atoms. The first-order chi connectivity index (χ1) is 10.8. The zero-order chi connectivity index (χ0) is 17.1. The van der Waals surface area contributed by atoms with Gasteiger partial charge in [-0.15, -0.1) is 11.3 Å². The van der Waals surface area contributed by atoms with Gasteiger partial charge in [-0.1, -0.05) is 13.8 Å². The van der Waals surface area contributed by atoms with Crippen LogP contribution >= 0.6 is 11.3 Å². The summed E-state index contributed by atoms with van der Waals surface area (Å²) >= 11 is 1.28. The third-order valence-corrected chi connectivity index (χ3v) is 4.71. The Labute approximate surface area is 139 Å². The lowest BCUT2D eigenvalue weighted by molar-refractivity contribution is 0.0955. The maximum absolute atomic E-state index is 12.3. The van der Waals surface area contributed by atoms with Crippen molar-refractivity contribution in [2.45, 2.75) is 33.7 Å². The number of hydrogen-bond donors (Lipinski definition) is 2. The number of H-pyrrole nitrogens is 1. The normalized spacial score (nSPS) is 11.6. The molecule has 0 unspecified atom stereocenters. The predicted octanol–water partition coefficient (Wildman–Crippen LogP) is 2.13. The SMILES string of the molecule is Cc1c(C(=O)NCCC(C)C)sc2nc(CN(C)C)[nH]c(=O)c12. The van der Waals surface area contributed by atoms with Crippen LogP contribution in [0.25, 0.3) is 10.2 Å². The van der Waals surface area contributed by atoms with E-state index in [0.717, 1.165) is 6.42 Å². The van der Waals surface area contributed by atoms with E-state index in [1.807, 2.05) is 19.0 Å². The fourth-order valence-electron chi connectivity index (χ4n) is 2.33. The molecular weight excluding hydrogens is 312 g/mol. The van der Waals surface area contributed by atoms with Crippen LogP contribution in [0.2, 0.25) is 0 Å². The number of aryl methyl sites for hydroxylation is 1. The maximum Gasteiger partial charge on any atom is 0.261 e. The third kappa shape index (κ3) is 4.17. The van der Waals surface area contributed by atoms with Crippen molar-refractivity contribution in [2.75, 3.05) is 20.6 Å². The Kier molecular flexibility index (Phi) is 5.54. The fourth-order valence-corrected chi connectivity index (χ4v) is 3.45. The number of carbonyl (C=O) groups is 1. The van der Waals surface area contributed by atoms with Crippen molar-refractivity contribution in [1.82, 2.24) is 20.2 Å². The molecule has 2 aromatic rings. The Morgan fingerprint density at radius 2 is 2.09 bits per heavy atom. The molecule has 0 aliphatic rings. The average molecular weight is 336 g/mol. The number of hydrogen-bond acceptors (Lipinski definition) is 5. The van der Waals surface area contributed by atoms with E-state index >= 15 is 0 Å². The minimum atomic E-state index is -0.179. The van der Waals surface area contributed by atoms with Crippen LogP contribution in [0.15, 0.2) is 4.79 Å². The molecule has 0 aliphatic heterocycles. The van der Waals surface area contributed by atoms with Crippen LogP contribution in [0.4, 0.5) is 0 Å². The third-order valence-electron chi connectivity index (χ3n) is 3.53. The van der Waals surface area contributed by atoms with Crippen LogP contribution in [-0.4, -0.2) is 41.4 Å². The highest BCUT2D eigenvalue weighted by atomic mass is 32.1. The molecule has 0 aromatic carbocycles. The summed E-state index contributed by atoms with van der Waals surface area (Å²) in [5.41, 5.74) is 0.527. The molecule has 126 valence electrons. The molecule has 7 heteroatoms. The molecule has 0 saturated carbocycles. The highest BCUT2D eigenvalue weighted by Crippen LogP contribution is 2.26. The molecule has 0 fully saturated rings. The molecule has 2 heterocycles. The van der Waals surface area contributed by atoms with Gasteiger partial charge in [-0.25, -0.2) is 4.98 Å². The molecule has 0 aliphatic carbocycles. The lowest BCUT2D eigenvalue weighted by Gasteiger charge is -2.07.